The Morgan fingerprint density at radius 1 is 1.09 bits per heavy atom. The Labute approximate surface area is 323 Å². The van der Waals surface area contributed by atoms with Crippen molar-refractivity contribution in [2.24, 2.45) is 58.2 Å². The molecule has 5 saturated carbocycles. The number of ether oxygens (including phenoxy) is 1. The zero-order valence-corrected chi connectivity index (χ0v) is 32.2. The van der Waals surface area contributed by atoms with Crippen molar-refractivity contribution in [2.45, 2.75) is 126 Å². The van der Waals surface area contributed by atoms with Crippen LogP contribution in [0, 0.1) is 70.0 Å². The van der Waals surface area contributed by atoms with E-state index in [4.69, 9.17) is 4.74 Å². The van der Waals surface area contributed by atoms with Crippen molar-refractivity contribution in [1.29, 1.82) is 0 Å². The Hall–Kier alpha value is -2.88. The third-order valence-corrected chi connectivity index (χ3v) is 16.7. The lowest BCUT2D eigenvalue weighted by molar-refractivity contribution is -0.381. The highest BCUT2D eigenvalue weighted by Gasteiger charge is 2.86. The van der Waals surface area contributed by atoms with E-state index in [1.165, 1.54) is 0 Å². The summed E-state index contributed by atoms with van der Waals surface area (Å²) in [6.07, 6.45) is 6.60. The number of benzene rings is 1. The number of likely N-dealkylation sites (N-methyl/N-ethyl adjacent to an activating group) is 1. The monoisotopic (exact) mass is 755 g/mol. The predicted octanol–water partition coefficient (Wildman–Crippen LogP) is 2.73. The topological polar surface area (TPSA) is 177 Å². The van der Waals surface area contributed by atoms with E-state index in [1.54, 1.807) is 6.08 Å². The average Bonchev–Trinajstić information content (AvgIpc) is 3.66. The first-order valence-corrected chi connectivity index (χ1v) is 20.7. The second-order valence-corrected chi connectivity index (χ2v) is 19.1. The molecule has 9 aliphatic rings. The Morgan fingerprint density at radius 2 is 1.89 bits per heavy atom. The summed E-state index contributed by atoms with van der Waals surface area (Å²) < 4.78 is 6.19. The minimum Gasteiger partial charge on any atom is -0.454 e. The fraction of sp³-hybridized carbons (Fsp3) is 0.689. The lowest BCUT2D eigenvalue weighted by atomic mass is 9.31. The SMILES string of the molecule is CNC1Cc2c(cccc2CO)C#CCCC23CC4C=CC5CC(O)CC6(O)C(CCC(C)C)C(O)C(O)(C4C56C=O)C2(O)CC2CC1C1OC(=O)C=C1C23. The van der Waals surface area contributed by atoms with Gasteiger partial charge in [-0.25, -0.2) is 4.79 Å². The minimum absolute atomic E-state index is 0.0970. The molecule has 16 atom stereocenters. The lowest BCUT2D eigenvalue weighted by Crippen LogP contribution is -2.87. The van der Waals surface area contributed by atoms with Crippen LogP contribution in [0.3, 0.4) is 0 Å². The summed E-state index contributed by atoms with van der Waals surface area (Å²) in [6, 6.07) is 5.57. The van der Waals surface area contributed by atoms with Crippen LogP contribution in [0.2, 0.25) is 0 Å². The fourth-order valence-corrected chi connectivity index (χ4v) is 14.8. The van der Waals surface area contributed by atoms with Crippen molar-refractivity contribution in [2.75, 3.05) is 7.05 Å². The molecular weight excluding hydrogens is 698 g/mol. The molecule has 4 bridgehead atoms. The summed E-state index contributed by atoms with van der Waals surface area (Å²) >= 11 is 0. The summed E-state index contributed by atoms with van der Waals surface area (Å²) in [5, 5.41) is 79.1. The zero-order valence-electron chi connectivity index (χ0n) is 32.2. The first-order valence-electron chi connectivity index (χ1n) is 20.7. The van der Waals surface area contributed by atoms with Gasteiger partial charge >= 0.3 is 5.97 Å². The molecule has 16 unspecified atom stereocenters. The smallest absolute Gasteiger partial charge is 0.331 e. The molecule has 1 heterocycles. The number of esters is 1. The van der Waals surface area contributed by atoms with E-state index in [1.807, 2.05) is 51.2 Å². The standard InChI is InChI=1S/C45H57NO9/c1-24(2)10-13-34-40(51)45(54)39-26(11-12-29-16-30(49)21-43(34,52)42(29,39)23-48)19-41-14-5-4-7-25-8-6-9-27(22-47)31(25)17-35(46-3)32-15-28(20-44(41,45)53)37(41)33-18-36(50)55-38(32)33/h6,8-9,11-12,18,23-24,26,28-30,32,34-35,37-40,46-47,49,51-54H,5,10,13-17,19-22H2,1-3H3. The van der Waals surface area contributed by atoms with E-state index in [0.29, 0.717) is 44.9 Å². The summed E-state index contributed by atoms with van der Waals surface area (Å²) in [7, 11) is 1.89. The number of hydrogen-bond acceptors (Lipinski definition) is 10. The summed E-state index contributed by atoms with van der Waals surface area (Å²) in [5.41, 5.74) is -5.25. The van der Waals surface area contributed by atoms with Gasteiger partial charge in [0.05, 0.1) is 29.8 Å². The van der Waals surface area contributed by atoms with Gasteiger partial charge < -0.3 is 45.5 Å². The van der Waals surface area contributed by atoms with Crippen molar-refractivity contribution in [3.63, 3.8) is 0 Å². The largest absolute Gasteiger partial charge is 0.454 e. The van der Waals surface area contributed by atoms with Gasteiger partial charge in [-0.2, -0.15) is 0 Å². The van der Waals surface area contributed by atoms with Crippen LogP contribution < -0.4 is 5.32 Å². The molecule has 8 aliphatic carbocycles. The lowest BCUT2D eigenvalue weighted by Gasteiger charge is -2.75. The van der Waals surface area contributed by atoms with Gasteiger partial charge in [-0.3, -0.25) is 0 Å². The number of rotatable bonds is 6. The molecule has 296 valence electrons. The molecule has 1 aromatic carbocycles. The Balaban J connectivity index is 1.28. The van der Waals surface area contributed by atoms with Crippen molar-refractivity contribution in [1.82, 2.24) is 5.32 Å². The molecule has 10 heteroatoms. The van der Waals surface area contributed by atoms with Crippen LogP contribution in [0.25, 0.3) is 0 Å². The molecule has 5 fully saturated rings. The normalized spacial score (nSPS) is 48.8. The second kappa shape index (κ2) is 12.8. The van der Waals surface area contributed by atoms with Gasteiger partial charge in [-0.05, 0) is 104 Å². The number of aliphatic hydroxyl groups is 6. The predicted molar refractivity (Wildman–Crippen MR) is 202 cm³/mol. The maximum atomic E-state index is 14.0. The zero-order chi connectivity index (χ0) is 38.9. The molecule has 1 spiro atoms. The molecule has 0 saturated heterocycles. The number of hydrogen-bond donors (Lipinski definition) is 7. The van der Waals surface area contributed by atoms with Crippen LogP contribution in [0.5, 0.6) is 0 Å². The quantitative estimate of drug-likeness (QED) is 0.0990. The van der Waals surface area contributed by atoms with Crippen molar-refractivity contribution in [3.8, 4) is 11.8 Å². The van der Waals surface area contributed by atoms with E-state index in [-0.39, 0.29) is 55.6 Å². The van der Waals surface area contributed by atoms with Gasteiger partial charge in [0.2, 0.25) is 0 Å². The molecular formula is C45H57NO9. The fourth-order valence-electron chi connectivity index (χ4n) is 14.8. The van der Waals surface area contributed by atoms with Gasteiger partial charge in [0, 0.05) is 53.7 Å². The highest BCUT2D eigenvalue weighted by Crippen LogP contribution is 2.79. The van der Waals surface area contributed by atoms with Crippen molar-refractivity contribution in [3.05, 3.63) is 58.7 Å². The molecule has 55 heavy (non-hydrogen) atoms. The Bertz CT molecular complexity index is 1900. The van der Waals surface area contributed by atoms with Crippen LogP contribution in [-0.4, -0.2) is 91.1 Å². The van der Waals surface area contributed by atoms with Crippen LogP contribution >= 0.6 is 0 Å². The number of carbonyl (C=O) groups is 2. The van der Waals surface area contributed by atoms with Gasteiger partial charge in [0.25, 0.3) is 0 Å². The number of nitrogens with one attached hydrogen (secondary N) is 1. The maximum Gasteiger partial charge on any atom is 0.331 e. The van der Waals surface area contributed by atoms with E-state index in [9.17, 15) is 40.2 Å². The first-order chi connectivity index (χ1) is 26.2. The molecule has 0 amide bonds. The number of allylic oxidation sites excluding steroid dienone is 2. The highest BCUT2D eigenvalue weighted by molar-refractivity contribution is 5.86. The molecule has 7 N–H and O–H groups in total. The van der Waals surface area contributed by atoms with Crippen LogP contribution in [0.4, 0.5) is 0 Å². The Morgan fingerprint density at radius 3 is 2.62 bits per heavy atom. The molecule has 10 nitrogen and oxygen atoms in total. The van der Waals surface area contributed by atoms with Crippen molar-refractivity contribution >= 4 is 12.3 Å². The summed E-state index contributed by atoms with van der Waals surface area (Å²) in [4.78, 5) is 27.4. The molecule has 1 aromatic rings. The summed E-state index contributed by atoms with van der Waals surface area (Å²) in [5.74, 6) is 2.64. The molecule has 10 rings (SSSR count). The van der Waals surface area contributed by atoms with Crippen molar-refractivity contribution < 1.29 is 45.0 Å². The van der Waals surface area contributed by atoms with Gasteiger partial charge in [0.1, 0.15) is 23.6 Å². The van der Waals surface area contributed by atoms with E-state index >= 15 is 0 Å². The molecule has 1 aliphatic heterocycles. The van der Waals surface area contributed by atoms with Crippen LogP contribution in [0.15, 0.2) is 42.0 Å². The average molecular weight is 756 g/mol. The second-order valence-electron chi connectivity index (χ2n) is 19.1. The summed E-state index contributed by atoms with van der Waals surface area (Å²) in [6.45, 7) is 3.96. The maximum absolute atomic E-state index is 14.0. The highest BCUT2D eigenvalue weighted by atomic mass is 16.5. The van der Waals surface area contributed by atoms with E-state index < -0.39 is 75.6 Å². The number of aliphatic hydroxyl groups excluding tert-OH is 3. The van der Waals surface area contributed by atoms with Gasteiger partial charge in [-0.15, -0.1) is 0 Å². The van der Waals surface area contributed by atoms with Gasteiger partial charge in [-0.1, -0.05) is 56.4 Å². The van der Waals surface area contributed by atoms with Gasteiger partial charge in [0.15, 0.2) is 0 Å². The minimum atomic E-state index is -2.22. The van der Waals surface area contributed by atoms with Crippen LogP contribution in [0.1, 0.15) is 88.3 Å². The van der Waals surface area contributed by atoms with E-state index in [2.05, 4.69) is 17.2 Å². The third kappa shape index (κ3) is 4.69. The van der Waals surface area contributed by atoms with E-state index in [0.717, 1.165) is 28.5 Å². The first kappa shape index (κ1) is 37.7. The Kier molecular flexibility index (Phi) is 8.78. The number of aldehydes is 1. The van der Waals surface area contributed by atoms with Crippen LogP contribution in [-0.2, 0) is 27.4 Å². The number of carbonyl (C=O) groups excluding carboxylic acids is 2. The molecule has 0 radical (unpaired) electrons. The third-order valence-electron chi connectivity index (χ3n) is 16.7. The number of fused-ring (bicyclic) bond motifs is 4. The molecule has 0 aromatic heterocycles.